The zero-order valence-corrected chi connectivity index (χ0v) is 13.7. The Hall–Kier alpha value is -1.36. The van der Waals surface area contributed by atoms with Gasteiger partial charge < -0.3 is 5.32 Å². The zero-order chi connectivity index (χ0) is 15.7. The van der Waals surface area contributed by atoms with Gasteiger partial charge in [-0.05, 0) is 56.6 Å². The lowest BCUT2D eigenvalue weighted by Gasteiger charge is -2.17. The van der Waals surface area contributed by atoms with E-state index in [0.29, 0.717) is 16.7 Å². The lowest BCUT2D eigenvalue weighted by atomic mass is 10.1. The van der Waals surface area contributed by atoms with Gasteiger partial charge in [-0.15, -0.1) is 0 Å². The average Bonchev–Trinajstić information content (AvgIpc) is 3.37. The third kappa shape index (κ3) is 3.88. The van der Waals surface area contributed by atoms with Crippen molar-refractivity contribution in [1.82, 2.24) is 5.32 Å². The van der Waals surface area contributed by atoms with Gasteiger partial charge in [0.1, 0.15) is 0 Å². The molecule has 0 spiro atoms. The molecule has 2 fully saturated rings. The number of amides is 1. The van der Waals surface area contributed by atoms with E-state index in [1.807, 2.05) is 6.92 Å². The predicted molar refractivity (Wildman–Crippen MR) is 85.2 cm³/mol. The van der Waals surface area contributed by atoms with Gasteiger partial charge in [0, 0.05) is 12.5 Å². The molecule has 0 aliphatic heterocycles. The third-order valence-electron chi connectivity index (χ3n) is 4.57. The maximum Gasteiger partial charge on any atom is 0.221 e. The van der Waals surface area contributed by atoms with E-state index in [-0.39, 0.29) is 24.1 Å². The maximum absolute atomic E-state index is 12.2. The SMILES string of the molecule is Cc1ccc(S(=O)(=O)CCC(=O)NC(C2CC2)C2CC2)cc1. The maximum atomic E-state index is 12.2. The van der Waals surface area contributed by atoms with Crippen molar-refractivity contribution in [3.8, 4) is 0 Å². The molecule has 0 saturated heterocycles. The molecule has 1 N–H and O–H groups in total. The van der Waals surface area contributed by atoms with Crippen LogP contribution in [0, 0.1) is 18.8 Å². The van der Waals surface area contributed by atoms with Crippen LogP contribution in [0.1, 0.15) is 37.7 Å². The van der Waals surface area contributed by atoms with Gasteiger partial charge in [-0.25, -0.2) is 8.42 Å². The molecule has 22 heavy (non-hydrogen) atoms. The van der Waals surface area contributed by atoms with Crippen molar-refractivity contribution in [3.63, 3.8) is 0 Å². The number of hydrogen-bond acceptors (Lipinski definition) is 3. The van der Waals surface area contributed by atoms with E-state index in [4.69, 9.17) is 0 Å². The number of rotatable bonds is 7. The first-order valence-corrected chi connectivity index (χ1v) is 9.70. The van der Waals surface area contributed by atoms with E-state index < -0.39 is 9.84 Å². The number of benzene rings is 1. The van der Waals surface area contributed by atoms with Crippen LogP contribution in [0.15, 0.2) is 29.2 Å². The van der Waals surface area contributed by atoms with Gasteiger partial charge >= 0.3 is 0 Å². The summed E-state index contributed by atoms with van der Waals surface area (Å²) in [6.07, 6.45) is 4.84. The summed E-state index contributed by atoms with van der Waals surface area (Å²) >= 11 is 0. The number of hydrogen-bond donors (Lipinski definition) is 1. The van der Waals surface area contributed by atoms with Crippen LogP contribution in [0.5, 0.6) is 0 Å². The Balaban J connectivity index is 1.54. The normalized spacial score (nSPS) is 18.5. The van der Waals surface area contributed by atoms with Crippen LogP contribution < -0.4 is 5.32 Å². The second kappa shape index (κ2) is 6.03. The third-order valence-corrected chi connectivity index (χ3v) is 6.30. The Morgan fingerprint density at radius 1 is 1.14 bits per heavy atom. The standard InChI is InChI=1S/C17H23NO3S/c1-12-2-8-15(9-3-12)22(20,21)11-10-16(19)18-17(13-4-5-13)14-6-7-14/h2-3,8-9,13-14,17H,4-7,10-11H2,1H3,(H,18,19). The molecule has 0 heterocycles. The minimum Gasteiger partial charge on any atom is -0.353 e. The van der Waals surface area contributed by atoms with E-state index in [1.54, 1.807) is 24.3 Å². The van der Waals surface area contributed by atoms with E-state index in [9.17, 15) is 13.2 Å². The van der Waals surface area contributed by atoms with E-state index >= 15 is 0 Å². The molecule has 2 saturated carbocycles. The summed E-state index contributed by atoms with van der Waals surface area (Å²) in [5.41, 5.74) is 1.02. The summed E-state index contributed by atoms with van der Waals surface area (Å²) in [5, 5.41) is 3.07. The Bertz CT molecular complexity index is 631. The highest BCUT2D eigenvalue weighted by atomic mass is 32.2. The van der Waals surface area contributed by atoms with Crippen LogP contribution in [0.25, 0.3) is 0 Å². The Labute approximate surface area is 132 Å². The molecule has 2 aliphatic rings. The summed E-state index contributed by atoms with van der Waals surface area (Å²) in [6, 6.07) is 7.07. The van der Waals surface area contributed by atoms with Crippen molar-refractivity contribution in [2.75, 3.05) is 5.75 Å². The molecule has 1 aromatic carbocycles. The first-order valence-electron chi connectivity index (χ1n) is 8.04. The number of carbonyl (C=O) groups excluding carboxylic acids is 1. The quantitative estimate of drug-likeness (QED) is 0.839. The van der Waals surface area contributed by atoms with Crippen molar-refractivity contribution in [1.29, 1.82) is 0 Å². The first kappa shape index (κ1) is 15.5. The highest BCUT2D eigenvalue weighted by Gasteiger charge is 2.42. The highest BCUT2D eigenvalue weighted by Crippen LogP contribution is 2.44. The fraction of sp³-hybridized carbons (Fsp3) is 0.588. The van der Waals surface area contributed by atoms with E-state index in [2.05, 4.69) is 5.32 Å². The summed E-state index contributed by atoms with van der Waals surface area (Å²) in [6.45, 7) is 1.92. The minimum absolute atomic E-state index is 0.0478. The summed E-state index contributed by atoms with van der Waals surface area (Å²) in [7, 11) is -3.38. The Morgan fingerprint density at radius 2 is 1.68 bits per heavy atom. The van der Waals surface area contributed by atoms with Gasteiger partial charge in [0.15, 0.2) is 9.84 Å². The lowest BCUT2D eigenvalue weighted by molar-refractivity contribution is -0.121. The average molecular weight is 321 g/mol. The molecule has 4 nitrogen and oxygen atoms in total. The summed E-state index contributed by atoms with van der Waals surface area (Å²) < 4.78 is 24.5. The van der Waals surface area contributed by atoms with Gasteiger partial charge in [0.05, 0.1) is 10.6 Å². The fourth-order valence-electron chi connectivity index (χ4n) is 2.88. The second-order valence-corrected chi connectivity index (χ2v) is 8.76. The molecule has 5 heteroatoms. The Morgan fingerprint density at radius 3 is 2.18 bits per heavy atom. The molecule has 0 radical (unpaired) electrons. The molecular weight excluding hydrogens is 298 g/mol. The zero-order valence-electron chi connectivity index (χ0n) is 12.9. The topological polar surface area (TPSA) is 63.2 Å². The van der Waals surface area contributed by atoms with Crippen LogP contribution in [-0.4, -0.2) is 26.1 Å². The van der Waals surface area contributed by atoms with Crippen LogP contribution in [-0.2, 0) is 14.6 Å². The molecule has 2 aliphatic carbocycles. The van der Waals surface area contributed by atoms with Crippen molar-refractivity contribution >= 4 is 15.7 Å². The van der Waals surface area contributed by atoms with Crippen molar-refractivity contribution in [2.24, 2.45) is 11.8 Å². The highest BCUT2D eigenvalue weighted by molar-refractivity contribution is 7.91. The van der Waals surface area contributed by atoms with Gasteiger partial charge in [-0.2, -0.15) is 0 Å². The predicted octanol–water partition coefficient (Wildman–Crippen LogP) is 2.46. The van der Waals surface area contributed by atoms with Crippen LogP contribution in [0.2, 0.25) is 0 Å². The molecule has 0 aromatic heterocycles. The molecule has 0 bridgehead atoms. The number of carbonyl (C=O) groups is 1. The van der Waals surface area contributed by atoms with Gasteiger partial charge in [0.2, 0.25) is 5.91 Å². The first-order chi connectivity index (χ1) is 10.5. The molecule has 1 amide bonds. The summed E-state index contributed by atoms with van der Waals surface area (Å²) in [5.74, 6) is 1.01. The number of sulfone groups is 1. The van der Waals surface area contributed by atoms with Gasteiger partial charge in [0.25, 0.3) is 0 Å². The van der Waals surface area contributed by atoms with E-state index in [0.717, 1.165) is 5.56 Å². The van der Waals surface area contributed by atoms with Crippen LogP contribution in [0.4, 0.5) is 0 Å². The molecule has 0 unspecified atom stereocenters. The lowest BCUT2D eigenvalue weighted by Crippen LogP contribution is -2.38. The van der Waals surface area contributed by atoms with E-state index in [1.165, 1.54) is 25.7 Å². The Kier molecular flexibility index (Phi) is 4.26. The smallest absolute Gasteiger partial charge is 0.221 e. The molecule has 0 atom stereocenters. The molecule has 3 rings (SSSR count). The van der Waals surface area contributed by atoms with Crippen LogP contribution in [0.3, 0.4) is 0 Å². The van der Waals surface area contributed by atoms with Crippen molar-refractivity contribution in [2.45, 2.75) is 50.0 Å². The van der Waals surface area contributed by atoms with Crippen molar-refractivity contribution in [3.05, 3.63) is 29.8 Å². The molecule has 1 aromatic rings. The second-order valence-electron chi connectivity index (χ2n) is 6.65. The summed E-state index contributed by atoms with van der Waals surface area (Å²) in [4.78, 5) is 12.4. The fourth-order valence-corrected chi connectivity index (χ4v) is 4.12. The minimum atomic E-state index is -3.38. The monoisotopic (exact) mass is 321 g/mol. The number of aryl methyl sites for hydroxylation is 1. The van der Waals surface area contributed by atoms with Gasteiger partial charge in [-0.3, -0.25) is 4.79 Å². The van der Waals surface area contributed by atoms with Crippen LogP contribution >= 0.6 is 0 Å². The molecular formula is C17H23NO3S. The number of nitrogens with one attached hydrogen (secondary N) is 1. The molecule has 120 valence electrons. The largest absolute Gasteiger partial charge is 0.353 e. The van der Waals surface area contributed by atoms with Crippen molar-refractivity contribution < 1.29 is 13.2 Å². The van der Waals surface area contributed by atoms with Gasteiger partial charge in [-0.1, -0.05) is 17.7 Å².